The first kappa shape index (κ1) is 25.8. The number of amides is 3. The van der Waals surface area contributed by atoms with Crippen LogP contribution in [0.15, 0.2) is 0 Å². The third-order valence-corrected chi connectivity index (χ3v) is 3.74. The molecule has 3 atom stereocenters. The van der Waals surface area contributed by atoms with Gasteiger partial charge in [-0.2, -0.15) is 0 Å². The molecule has 13 nitrogen and oxygen atoms in total. The van der Waals surface area contributed by atoms with Crippen molar-refractivity contribution in [1.29, 1.82) is 0 Å². The molecule has 0 bridgehead atoms. The van der Waals surface area contributed by atoms with Crippen molar-refractivity contribution in [3.63, 3.8) is 0 Å². The predicted molar refractivity (Wildman–Crippen MR) is 96.4 cm³/mol. The largest absolute Gasteiger partial charge is 0.481 e. The number of nitrogens with two attached hydrogens (primary N) is 1. The molecule has 0 saturated heterocycles. The van der Waals surface area contributed by atoms with Gasteiger partial charge in [-0.25, -0.2) is 4.79 Å². The molecule has 0 aromatic carbocycles. The maximum atomic E-state index is 12.2. The van der Waals surface area contributed by atoms with Crippen LogP contribution in [0.4, 0.5) is 0 Å². The van der Waals surface area contributed by atoms with Gasteiger partial charge >= 0.3 is 17.9 Å². The molecule has 0 aromatic rings. The molecule has 164 valence electrons. The van der Waals surface area contributed by atoms with E-state index in [1.54, 1.807) is 13.8 Å². The van der Waals surface area contributed by atoms with Crippen LogP contribution in [-0.4, -0.2) is 75.6 Å². The van der Waals surface area contributed by atoms with Crippen molar-refractivity contribution in [2.75, 3.05) is 6.54 Å². The lowest BCUT2D eigenvalue weighted by molar-refractivity contribution is -0.144. The number of carbonyl (C=O) groups is 6. The van der Waals surface area contributed by atoms with Crippen molar-refractivity contribution in [2.45, 2.75) is 51.2 Å². The van der Waals surface area contributed by atoms with Gasteiger partial charge in [0.2, 0.25) is 17.7 Å². The number of carboxylic acids is 3. The van der Waals surface area contributed by atoms with Crippen molar-refractivity contribution in [1.82, 2.24) is 16.0 Å². The Bertz CT molecular complexity index is 650. The van der Waals surface area contributed by atoms with Crippen molar-refractivity contribution < 1.29 is 44.1 Å². The monoisotopic (exact) mass is 418 g/mol. The van der Waals surface area contributed by atoms with E-state index in [1.165, 1.54) is 0 Å². The van der Waals surface area contributed by atoms with Gasteiger partial charge < -0.3 is 37.0 Å². The van der Waals surface area contributed by atoms with Gasteiger partial charge in [0, 0.05) is 6.42 Å². The quantitative estimate of drug-likeness (QED) is 0.166. The molecule has 0 aliphatic rings. The smallest absolute Gasteiger partial charge is 0.326 e. The molecular weight excluding hydrogens is 392 g/mol. The van der Waals surface area contributed by atoms with Gasteiger partial charge in [0.25, 0.3) is 0 Å². The first-order chi connectivity index (χ1) is 13.3. The highest BCUT2D eigenvalue weighted by Gasteiger charge is 2.29. The summed E-state index contributed by atoms with van der Waals surface area (Å²) >= 11 is 0. The van der Waals surface area contributed by atoms with Crippen LogP contribution in [0.1, 0.15) is 33.1 Å². The Labute approximate surface area is 166 Å². The molecule has 0 heterocycles. The number of carbonyl (C=O) groups excluding carboxylic acids is 3. The average molecular weight is 418 g/mol. The molecule has 29 heavy (non-hydrogen) atoms. The second-order valence-electron chi connectivity index (χ2n) is 6.54. The Balaban J connectivity index is 4.96. The lowest BCUT2D eigenvalue weighted by Crippen LogP contribution is -2.54. The first-order valence-electron chi connectivity index (χ1n) is 8.64. The highest BCUT2D eigenvalue weighted by molar-refractivity contribution is 5.94. The molecule has 0 spiro atoms. The van der Waals surface area contributed by atoms with Crippen LogP contribution >= 0.6 is 0 Å². The number of nitrogens with one attached hydrogen (secondary N) is 3. The minimum absolute atomic E-state index is 0.192. The minimum Gasteiger partial charge on any atom is -0.481 e. The SMILES string of the molecule is CC(C)[C@H](N)C(=O)NCC(=O)N[C@@H](CC(=O)O)C(=O)N[C@@H](CCC(=O)O)C(=O)O. The zero-order chi connectivity index (χ0) is 22.7. The summed E-state index contributed by atoms with van der Waals surface area (Å²) < 4.78 is 0. The summed E-state index contributed by atoms with van der Waals surface area (Å²) in [6, 6.07) is -4.09. The molecule has 0 aliphatic heterocycles. The van der Waals surface area contributed by atoms with E-state index < -0.39 is 79.6 Å². The van der Waals surface area contributed by atoms with Gasteiger partial charge in [-0.15, -0.1) is 0 Å². The summed E-state index contributed by atoms with van der Waals surface area (Å²) in [5, 5.41) is 32.9. The second-order valence-corrected chi connectivity index (χ2v) is 6.54. The fourth-order valence-corrected chi connectivity index (χ4v) is 2.01. The Morgan fingerprint density at radius 2 is 1.45 bits per heavy atom. The van der Waals surface area contributed by atoms with Crippen LogP contribution in [0.3, 0.4) is 0 Å². The molecule has 3 amide bonds. The van der Waals surface area contributed by atoms with E-state index in [-0.39, 0.29) is 5.92 Å². The van der Waals surface area contributed by atoms with Crippen LogP contribution in [0, 0.1) is 5.92 Å². The topological polar surface area (TPSA) is 225 Å². The van der Waals surface area contributed by atoms with Crippen LogP contribution in [-0.2, 0) is 28.8 Å². The average Bonchev–Trinajstić information content (AvgIpc) is 2.60. The molecule has 0 aliphatic carbocycles. The third kappa shape index (κ3) is 10.6. The highest BCUT2D eigenvalue weighted by atomic mass is 16.4. The van der Waals surface area contributed by atoms with Gasteiger partial charge in [-0.1, -0.05) is 13.8 Å². The van der Waals surface area contributed by atoms with E-state index in [2.05, 4.69) is 10.6 Å². The predicted octanol–water partition coefficient (Wildman–Crippen LogP) is -2.52. The van der Waals surface area contributed by atoms with E-state index in [0.29, 0.717) is 0 Å². The van der Waals surface area contributed by atoms with E-state index in [0.717, 1.165) is 0 Å². The van der Waals surface area contributed by atoms with E-state index >= 15 is 0 Å². The number of hydrogen-bond acceptors (Lipinski definition) is 7. The zero-order valence-corrected chi connectivity index (χ0v) is 16.0. The Hall–Kier alpha value is -3.22. The number of hydrogen-bond donors (Lipinski definition) is 7. The molecule has 0 fully saturated rings. The number of aliphatic carboxylic acids is 3. The maximum Gasteiger partial charge on any atom is 0.326 e. The Kier molecular flexibility index (Phi) is 10.9. The van der Waals surface area contributed by atoms with Crippen molar-refractivity contribution in [2.24, 2.45) is 11.7 Å². The minimum atomic E-state index is -1.64. The Morgan fingerprint density at radius 1 is 0.862 bits per heavy atom. The molecular formula is C16H26N4O9. The summed E-state index contributed by atoms with van der Waals surface area (Å²) in [6.45, 7) is 2.81. The number of carboxylic acid groups (broad SMARTS) is 3. The summed E-state index contributed by atoms with van der Waals surface area (Å²) in [6.07, 6.45) is -1.84. The fourth-order valence-electron chi connectivity index (χ4n) is 2.01. The van der Waals surface area contributed by atoms with Gasteiger partial charge in [0.15, 0.2) is 0 Å². The number of rotatable bonds is 13. The molecule has 0 saturated carbocycles. The van der Waals surface area contributed by atoms with Gasteiger partial charge in [-0.3, -0.25) is 24.0 Å². The molecule has 0 rings (SSSR count). The van der Waals surface area contributed by atoms with Crippen LogP contribution in [0.25, 0.3) is 0 Å². The lowest BCUT2D eigenvalue weighted by Gasteiger charge is -2.20. The van der Waals surface area contributed by atoms with E-state index in [4.69, 9.17) is 21.1 Å². The zero-order valence-electron chi connectivity index (χ0n) is 16.0. The molecule has 8 N–H and O–H groups in total. The fraction of sp³-hybridized carbons (Fsp3) is 0.625. The van der Waals surface area contributed by atoms with E-state index in [9.17, 15) is 28.8 Å². The molecule has 13 heteroatoms. The van der Waals surface area contributed by atoms with Crippen LogP contribution < -0.4 is 21.7 Å². The van der Waals surface area contributed by atoms with Crippen molar-refractivity contribution >= 4 is 35.6 Å². The van der Waals surface area contributed by atoms with Crippen molar-refractivity contribution in [3.8, 4) is 0 Å². The normalized spacial score (nSPS) is 13.7. The highest BCUT2D eigenvalue weighted by Crippen LogP contribution is 2.01. The summed E-state index contributed by atoms with van der Waals surface area (Å²) in [5.41, 5.74) is 5.61. The Morgan fingerprint density at radius 3 is 1.90 bits per heavy atom. The standard InChI is InChI=1S/C16H26N4O9/c1-7(2)13(17)15(27)18-6-10(21)19-9(5-12(24)25)14(26)20-8(16(28)29)3-4-11(22)23/h7-9,13H,3-6,17H2,1-2H3,(H,18,27)(H,19,21)(H,20,26)(H,22,23)(H,24,25)(H,28,29)/t8-,9-,13-/m0/s1. The first-order valence-corrected chi connectivity index (χ1v) is 8.64. The molecule has 0 radical (unpaired) electrons. The van der Waals surface area contributed by atoms with Crippen LogP contribution in [0.5, 0.6) is 0 Å². The van der Waals surface area contributed by atoms with E-state index in [1.807, 2.05) is 5.32 Å². The van der Waals surface area contributed by atoms with Crippen LogP contribution in [0.2, 0.25) is 0 Å². The third-order valence-electron chi connectivity index (χ3n) is 3.74. The van der Waals surface area contributed by atoms with Gasteiger partial charge in [0.1, 0.15) is 12.1 Å². The summed E-state index contributed by atoms with van der Waals surface area (Å²) in [7, 11) is 0. The van der Waals surface area contributed by atoms with Gasteiger partial charge in [0.05, 0.1) is 19.0 Å². The lowest BCUT2D eigenvalue weighted by atomic mass is 10.1. The van der Waals surface area contributed by atoms with Gasteiger partial charge in [-0.05, 0) is 12.3 Å². The second kappa shape index (κ2) is 12.3. The molecule has 0 aromatic heterocycles. The maximum absolute atomic E-state index is 12.2. The summed E-state index contributed by atoms with van der Waals surface area (Å²) in [4.78, 5) is 68.5. The van der Waals surface area contributed by atoms with Crippen molar-refractivity contribution in [3.05, 3.63) is 0 Å². The molecule has 0 unspecified atom stereocenters. The summed E-state index contributed by atoms with van der Waals surface area (Å²) in [5.74, 6) is -7.08.